The molecule has 0 spiro atoms. The highest BCUT2D eigenvalue weighted by Gasteiger charge is 2.16. The van der Waals surface area contributed by atoms with E-state index in [1.807, 2.05) is 12.1 Å². The number of thiazole rings is 1. The van der Waals surface area contributed by atoms with Gasteiger partial charge in [0.2, 0.25) is 0 Å². The molecular formula is C12H15ClN2O2S. The van der Waals surface area contributed by atoms with E-state index in [1.165, 1.54) is 4.70 Å². The van der Waals surface area contributed by atoms with Gasteiger partial charge in [-0.15, -0.1) is 12.4 Å². The molecule has 0 saturated carbocycles. The third-order valence-corrected chi connectivity index (χ3v) is 3.95. The highest BCUT2D eigenvalue weighted by molar-refractivity contribution is 7.22. The number of nitrogens with zero attached hydrogens (tertiary/aromatic N) is 2. The van der Waals surface area contributed by atoms with E-state index in [4.69, 9.17) is 9.47 Å². The fourth-order valence-corrected chi connectivity index (χ4v) is 3.00. The van der Waals surface area contributed by atoms with Gasteiger partial charge in [-0.3, -0.25) is 0 Å². The van der Waals surface area contributed by atoms with Crippen LogP contribution in [0.15, 0.2) is 18.2 Å². The molecule has 3 rings (SSSR count). The van der Waals surface area contributed by atoms with Crippen LogP contribution in [0.5, 0.6) is 5.75 Å². The zero-order valence-electron chi connectivity index (χ0n) is 10.1. The molecular weight excluding hydrogens is 272 g/mol. The van der Waals surface area contributed by atoms with Crippen molar-refractivity contribution < 1.29 is 9.47 Å². The van der Waals surface area contributed by atoms with Gasteiger partial charge in [-0.2, -0.15) is 0 Å². The minimum Gasteiger partial charge on any atom is -0.494 e. The summed E-state index contributed by atoms with van der Waals surface area (Å²) in [6.45, 7) is 3.41. The molecule has 0 bridgehead atoms. The Kier molecular flexibility index (Phi) is 4.27. The van der Waals surface area contributed by atoms with Gasteiger partial charge >= 0.3 is 0 Å². The molecule has 1 aliphatic rings. The highest BCUT2D eigenvalue weighted by Crippen LogP contribution is 2.34. The average Bonchev–Trinajstić information content (AvgIpc) is 2.83. The summed E-state index contributed by atoms with van der Waals surface area (Å²) >= 11 is 1.71. The van der Waals surface area contributed by atoms with Gasteiger partial charge < -0.3 is 14.4 Å². The SMILES string of the molecule is COc1cccc2sc(N3CCOCC3)nc12.Cl. The number of methoxy groups -OCH3 is 1. The van der Waals surface area contributed by atoms with E-state index in [-0.39, 0.29) is 12.4 Å². The smallest absolute Gasteiger partial charge is 0.186 e. The van der Waals surface area contributed by atoms with E-state index in [2.05, 4.69) is 16.0 Å². The largest absolute Gasteiger partial charge is 0.494 e. The van der Waals surface area contributed by atoms with Crippen LogP contribution >= 0.6 is 23.7 Å². The van der Waals surface area contributed by atoms with Gasteiger partial charge in [0.05, 0.1) is 25.0 Å². The molecule has 1 aromatic heterocycles. The second-order valence-electron chi connectivity index (χ2n) is 3.90. The Morgan fingerprint density at radius 3 is 2.83 bits per heavy atom. The first-order valence-electron chi connectivity index (χ1n) is 5.65. The normalized spacial score (nSPS) is 15.5. The van der Waals surface area contributed by atoms with Gasteiger partial charge in [-0.25, -0.2) is 4.98 Å². The van der Waals surface area contributed by atoms with E-state index in [1.54, 1.807) is 18.4 Å². The lowest BCUT2D eigenvalue weighted by Crippen LogP contribution is -2.36. The van der Waals surface area contributed by atoms with Crippen molar-refractivity contribution in [3.63, 3.8) is 0 Å². The number of benzene rings is 1. The lowest BCUT2D eigenvalue weighted by Gasteiger charge is -2.25. The maximum atomic E-state index is 5.35. The molecule has 2 heterocycles. The lowest BCUT2D eigenvalue weighted by molar-refractivity contribution is 0.122. The zero-order valence-corrected chi connectivity index (χ0v) is 11.7. The Morgan fingerprint density at radius 2 is 2.11 bits per heavy atom. The van der Waals surface area contributed by atoms with Gasteiger partial charge in [0, 0.05) is 13.1 Å². The van der Waals surface area contributed by atoms with Crippen LogP contribution in [0.2, 0.25) is 0 Å². The summed E-state index contributed by atoms with van der Waals surface area (Å²) in [6.07, 6.45) is 0. The third kappa shape index (κ3) is 2.39. The van der Waals surface area contributed by atoms with Gasteiger partial charge in [-0.05, 0) is 12.1 Å². The first-order valence-corrected chi connectivity index (χ1v) is 6.46. The number of rotatable bonds is 2. The summed E-state index contributed by atoms with van der Waals surface area (Å²) in [4.78, 5) is 6.94. The molecule has 1 aromatic carbocycles. The number of morpholine rings is 1. The van der Waals surface area contributed by atoms with Crippen molar-refractivity contribution in [2.75, 3.05) is 38.3 Å². The lowest BCUT2D eigenvalue weighted by atomic mass is 10.3. The minimum absolute atomic E-state index is 0. The highest BCUT2D eigenvalue weighted by atomic mass is 35.5. The van der Waals surface area contributed by atoms with Gasteiger partial charge in [0.1, 0.15) is 11.3 Å². The van der Waals surface area contributed by atoms with E-state index < -0.39 is 0 Å². The summed E-state index contributed by atoms with van der Waals surface area (Å²) in [5.74, 6) is 0.846. The van der Waals surface area contributed by atoms with Crippen molar-refractivity contribution in [1.82, 2.24) is 4.98 Å². The zero-order chi connectivity index (χ0) is 11.7. The van der Waals surface area contributed by atoms with Crippen LogP contribution in [0.3, 0.4) is 0 Å². The Bertz CT molecular complexity index is 526. The van der Waals surface area contributed by atoms with Crippen LogP contribution in [0.1, 0.15) is 0 Å². The molecule has 0 aliphatic carbocycles. The van der Waals surface area contributed by atoms with Crippen LogP contribution in [0.4, 0.5) is 5.13 Å². The molecule has 1 fully saturated rings. The van der Waals surface area contributed by atoms with Crippen LogP contribution < -0.4 is 9.64 Å². The standard InChI is InChI=1S/C12H14N2O2S.ClH/c1-15-9-3-2-4-10-11(9)13-12(17-10)14-5-7-16-8-6-14;/h2-4H,5-8H2,1H3;1H. The van der Waals surface area contributed by atoms with Crippen molar-refractivity contribution in [1.29, 1.82) is 0 Å². The fourth-order valence-electron chi connectivity index (χ4n) is 1.97. The minimum atomic E-state index is 0. The number of halogens is 1. The first kappa shape index (κ1) is 13.4. The van der Waals surface area contributed by atoms with Crippen LogP contribution in [0.25, 0.3) is 10.2 Å². The average molecular weight is 287 g/mol. The van der Waals surface area contributed by atoms with Crippen LogP contribution in [-0.2, 0) is 4.74 Å². The molecule has 0 radical (unpaired) electrons. The molecule has 0 unspecified atom stereocenters. The molecule has 1 saturated heterocycles. The summed E-state index contributed by atoms with van der Waals surface area (Å²) in [5, 5.41) is 1.06. The van der Waals surface area contributed by atoms with Gasteiger partial charge in [0.15, 0.2) is 5.13 Å². The summed E-state index contributed by atoms with van der Waals surface area (Å²) in [5.41, 5.74) is 0.960. The van der Waals surface area contributed by atoms with Gasteiger partial charge in [-0.1, -0.05) is 17.4 Å². The van der Waals surface area contributed by atoms with Crippen molar-refractivity contribution in [3.05, 3.63) is 18.2 Å². The van der Waals surface area contributed by atoms with Gasteiger partial charge in [0.25, 0.3) is 0 Å². The Balaban J connectivity index is 0.00000120. The second kappa shape index (κ2) is 5.73. The number of aromatic nitrogens is 1. The monoisotopic (exact) mass is 286 g/mol. The summed E-state index contributed by atoms with van der Waals surface area (Å²) in [7, 11) is 1.68. The molecule has 18 heavy (non-hydrogen) atoms. The number of hydrogen-bond donors (Lipinski definition) is 0. The summed E-state index contributed by atoms with van der Waals surface area (Å²) in [6, 6.07) is 6.03. The predicted octanol–water partition coefficient (Wildman–Crippen LogP) is 2.56. The third-order valence-electron chi connectivity index (χ3n) is 2.87. The van der Waals surface area contributed by atoms with Crippen molar-refractivity contribution in [3.8, 4) is 5.75 Å². The number of anilines is 1. The molecule has 0 amide bonds. The molecule has 1 aliphatic heterocycles. The van der Waals surface area contributed by atoms with E-state index >= 15 is 0 Å². The van der Waals surface area contributed by atoms with Crippen molar-refractivity contribution >= 4 is 39.1 Å². The Hall–Kier alpha value is -1.04. The number of hydrogen-bond acceptors (Lipinski definition) is 5. The maximum Gasteiger partial charge on any atom is 0.186 e. The predicted molar refractivity (Wildman–Crippen MR) is 76.5 cm³/mol. The van der Waals surface area contributed by atoms with Crippen LogP contribution in [-0.4, -0.2) is 38.4 Å². The molecule has 0 atom stereocenters. The fraction of sp³-hybridized carbons (Fsp3) is 0.417. The Morgan fingerprint density at radius 1 is 1.33 bits per heavy atom. The molecule has 4 nitrogen and oxygen atoms in total. The van der Waals surface area contributed by atoms with Crippen molar-refractivity contribution in [2.24, 2.45) is 0 Å². The topological polar surface area (TPSA) is 34.6 Å². The molecule has 2 aromatic rings. The number of para-hydroxylation sites is 1. The molecule has 98 valence electrons. The van der Waals surface area contributed by atoms with E-state index in [0.717, 1.165) is 42.7 Å². The molecule has 6 heteroatoms. The Labute approximate surface area is 116 Å². The first-order chi connectivity index (χ1) is 8.38. The quantitative estimate of drug-likeness (QED) is 0.850. The second-order valence-corrected chi connectivity index (χ2v) is 4.91. The number of fused-ring (bicyclic) bond motifs is 1. The maximum absolute atomic E-state index is 5.35. The van der Waals surface area contributed by atoms with E-state index in [0.29, 0.717) is 0 Å². The van der Waals surface area contributed by atoms with Crippen molar-refractivity contribution in [2.45, 2.75) is 0 Å². The van der Waals surface area contributed by atoms with Crippen LogP contribution in [0, 0.1) is 0 Å². The molecule has 0 N–H and O–H groups in total. The summed E-state index contributed by atoms with van der Waals surface area (Å²) < 4.78 is 11.9. The van der Waals surface area contributed by atoms with E-state index in [9.17, 15) is 0 Å². The number of ether oxygens (including phenoxy) is 2.